The van der Waals surface area contributed by atoms with Gasteiger partial charge in [-0.3, -0.25) is 10.1 Å². The van der Waals surface area contributed by atoms with E-state index in [9.17, 15) is 10.1 Å². The normalized spacial score (nSPS) is 11.8. The van der Waals surface area contributed by atoms with E-state index in [2.05, 4.69) is 5.32 Å². The van der Waals surface area contributed by atoms with Crippen LogP contribution in [0.4, 0.5) is 11.4 Å². The van der Waals surface area contributed by atoms with Crippen LogP contribution in [0.1, 0.15) is 13.3 Å². The van der Waals surface area contributed by atoms with Gasteiger partial charge in [0, 0.05) is 18.7 Å². The first-order valence-corrected chi connectivity index (χ1v) is 5.89. The van der Waals surface area contributed by atoms with Crippen molar-refractivity contribution in [2.45, 2.75) is 19.4 Å². The Morgan fingerprint density at radius 3 is 2.42 bits per heavy atom. The summed E-state index contributed by atoms with van der Waals surface area (Å²) < 4.78 is 10.2. The summed E-state index contributed by atoms with van der Waals surface area (Å²) in [6, 6.07) is 2.93. The number of nitrogens with one attached hydrogen (secondary N) is 1. The van der Waals surface area contributed by atoms with E-state index in [0.717, 1.165) is 0 Å². The van der Waals surface area contributed by atoms with Gasteiger partial charge in [-0.2, -0.15) is 0 Å². The summed E-state index contributed by atoms with van der Waals surface area (Å²) in [5.41, 5.74) is 5.98. The maximum absolute atomic E-state index is 11.0. The molecule has 1 rings (SSSR count). The zero-order chi connectivity index (χ0) is 14.4. The Labute approximate surface area is 111 Å². The van der Waals surface area contributed by atoms with Gasteiger partial charge in [0.05, 0.1) is 25.2 Å². The highest BCUT2D eigenvalue weighted by molar-refractivity contribution is 5.68. The molecule has 0 radical (unpaired) electrons. The van der Waals surface area contributed by atoms with E-state index < -0.39 is 4.92 Å². The summed E-state index contributed by atoms with van der Waals surface area (Å²) in [6.45, 7) is 2.43. The minimum atomic E-state index is -0.462. The van der Waals surface area contributed by atoms with Crippen molar-refractivity contribution in [3.8, 4) is 11.5 Å². The lowest BCUT2D eigenvalue weighted by molar-refractivity contribution is -0.384. The van der Waals surface area contributed by atoms with Crippen molar-refractivity contribution < 1.29 is 14.4 Å². The number of nitro groups is 1. The zero-order valence-electron chi connectivity index (χ0n) is 11.3. The van der Waals surface area contributed by atoms with Gasteiger partial charge in [0.25, 0.3) is 5.69 Å². The maximum Gasteiger partial charge on any atom is 0.296 e. The predicted octanol–water partition coefficient (Wildman–Crippen LogP) is 1.76. The molecule has 0 amide bonds. The highest BCUT2D eigenvalue weighted by atomic mass is 16.6. The van der Waals surface area contributed by atoms with Crippen LogP contribution in [-0.4, -0.2) is 31.7 Å². The van der Waals surface area contributed by atoms with Crippen LogP contribution in [-0.2, 0) is 0 Å². The van der Waals surface area contributed by atoms with E-state index in [-0.39, 0.29) is 11.7 Å². The van der Waals surface area contributed by atoms with Crippen molar-refractivity contribution in [2.24, 2.45) is 5.73 Å². The number of nitrogens with two attached hydrogens (primary N) is 1. The fraction of sp³-hybridized carbons (Fsp3) is 0.500. The summed E-state index contributed by atoms with van der Waals surface area (Å²) in [5.74, 6) is 0.767. The highest BCUT2D eigenvalue weighted by Gasteiger charge is 2.19. The largest absolute Gasteiger partial charge is 0.493 e. The molecule has 19 heavy (non-hydrogen) atoms. The quantitative estimate of drug-likeness (QED) is 0.578. The summed E-state index contributed by atoms with van der Waals surface area (Å²) in [7, 11) is 2.92. The van der Waals surface area contributed by atoms with Crippen molar-refractivity contribution >= 4 is 11.4 Å². The minimum absolute atomic E-state index is 0.0340. The first-order valence-electron chi connectivity index (χ1n) is 5.89. The second kappa shape index (κ2) is 6.79. The maximum atomic E-state index is 11.0. The average Bonchev–Trinajstić information content (AvgIpc) is 2.37. The molecule has 0 aliphatic rings. The molecule has 1 unspecified atom stereocenters. The van der Waals surface area contributed by atoms with Gasteiger partial charge < -0.3 is 20.5 Å². The molecule has 1 aromatic rings. The smallest absolute Gasteiger partial charge is 0.296 e. The fourth-order valence-electron chi connectivity index (χ4n) is 1.60. The van der Waals surface area contributed by atoms with Crippen LogP contribution in [0, 0.1) is 10.1 Å². The molecule has 0 bridgehead atoms. The van der Waals surface area contributed by atoms with Gasteiger partial charge in [0.15, 0.2) is 11.5 Å². The Kier molecular flexibility index (Phi) is 5.37. The first-order chi connectivity index (χ1) is 8.99. The van der Waals surface area contributed by atoms with Crippen LogP contribution >= 0.6 is 0 Å². The van der Waals surface area contributed by atoms with Crippen molar-refractivity contribution in [3.05, 3.63) is 22.2 Å². The van der Waals surface area contributed by atoms with Gasteiger partial charge in [-0.15, -0.1) is 0 Å². The number of anilines is 1. The van der Waals surface area contributed by atoms with E-state index >= 15 is 0 Å². The standard InChI is InChI=1S/C12H19N3O4/c1-8(13)4-5-14-9-6-11(18-2)12(19-3)7-10(9)15(16)17/h6-8,14H,4-5,13H2,1-3H3. The Balaban J connectivity index is 3.02. The molecule has 0 aromatic heterocycles. The summed E-state index contributed by atoms with van der Waals surface area (Å²) in [5, 5.41) is 14.0. The van der Waals surface area contributed by atoms with Crippen LogP contribution in [0.3, 0.4) is 0 Å². The molecule has 3 N–H and O–H groups in total. The topological polar surface area (TPSA) is 99.7 Å². The van der Waals surface area contributed by atoms with Gasteiger partial charge in [-0.05, 0) is 13.3 Å². The Morgan fingerprint density at radius 2 is 1.95 bits per heavy atom. The third kappa shape index (κ3) is 3.99. The molecule has 0 saturated heterocycles. The molecule has 106 valence electrons. The second-order valence-corrected chi connectivity index (χ2v) is 4.17. The molecule has 0 aliphatic heterocycles. The molecule has 0 fully saturated rings. The van der Waals surface area contributed by atoms with E-state index in [1.165, 1.54) is 20.3 Å². The van der Waals surface area contributed by atoms with Gasteiger partial charge in [0.2, 0.25) is 0 Å². The van der Waals surface area contributed by atoms with Crippen molar-refractivity contribution in [3.63, 3.8) is 0 Å². The van der Waals surface area contributed by atoms with Crippen molar-refractivity contribution in [1.82, 2.24) is 0 Å². The number of benzene rings is 1. The average molecular weight is 269 g/mol. The van der Waals surface area contributed by atoms with Crippen molar-refractivity contribution in [2.75, 3.05) is 26.1 Å². The second-order valence-electron chi connectivity index (χ2n) is 4.17. The van der Waals surface area contributed by atoms with Crippen molar-refractivity contribution in [1.29, 1.82) is 0 Å². The van der Waals surface area contributed by atoms with Gasteiger partial charge in [-0.1, -0.05) is 0 Å². The number of ether oxygens (including phenoxy) is 2. The van der Waals surface area contributed by atoms with Gasteiger partial charge >= 0.3 is 0 Å². The molecule has 0 spiro atoms. The lowest BCUT2D eigenvalue weighted by Gasteiger charge is -2.12. The Morgan fingerprint density at radius 1 is 1.37 bits per heavy atom. The third-order valence-corrected chi connectivity index (χ3v) is 2.61. The molecule has 0 heterocycles. The van der Waals surface area contributed by atoms with Crippen LogP contribution in [0.2, 0.25) is 0 Å². The van der Waals surface area contributed by atoms with E-state index in [0.29, 0.717) is 30.2 Å². The number of hydrogen-bond acceptors (Lipinski definition) is 6. The van der Waals surface area contributed by atoms with Crippen LogP contribution in [0.5, 0.6) is 11.5 Å². The lowest BCUT2D eigenvalue weighted by Crippen LogP contribution is -2.19. The fourth-order valence-corrected chi connectivity index (χ4v) is 1.60. The van der Waals surface area contributed by atoms with Crippen LogP contribution in [0.25, 0.3) is 0 Å². The number of rotatable bonds is 7. The van der Waals surface area contributed by atoms with Gasteiger partial charge in [-0.25, -0.2) is 0 Å². The van der Waals surface area contributed by atoms with Gasteiger partial charge in [0.1, 0.15) is 5.69 Å². The molecule has 0 saturated carbocycles. The molecular weight excluding hydrogens is 250 g/mol. The predicted molar refractivity (Wildman–Crippen MR) is 73.0 cm³/mol. The number of hydrogen-bond donors (Lipinski definition) is 2. The minimum Gasteiger partial charge on any atom is -0.493 e. The molecule has 1 aromatic carbocycles. The monoisotopic (exact) mass is 269 g/mol. The van der Waals surface area contributed by atoms with E-state index in [4.69, 9.17) is 15.2 Å². The summed E-state index contributed by atoms with van der Waals surface area (Å²) >= 11 is 0. The number of nitro benzene ring substituents is 1. The third-order valence-electron chi connectivity index (χ3n) is 2.61. The Hall–Kier alpha value is -2.02. The van der Waals surface area contributed by atoms with E-state index in [1.807, 2.05) is 6.92 Å². The number of nitrogens with zero attached hydrogens (tertiary/aromatic N) is 1. The number of methoxy groups -OCH3 is 2. The molecule has 0 aliphatic carbocycles. The van der Waals surface area contributed by atoms with Crippen LogP contribution in [0.15, 0.2) is 12.1 Å². The van der Waals surface area contributed by atoms with Crippen LogP contribution < -0.4 is 20.5 Å². The molecular formula is C12H19N3O4. The summed E-state index contributed by atoms with van der Waals surface area (Å²) in [4.78, 5) is 10.6. The van der Waals surface area contributed by atoms with E-state index in [1.54, 1.807) is 6.07 Å². The molecule has 7 nitrogen and oxygen atoms in total. The molecule has 7 heteroatoms. The lowest BCUT2D eigenvalue weighted by atomic mass is 10.2. The Bertz CT molecular complexity index is 449. The molecule has 1 atom stereocenters. The summed E-state index contributed by atoms with van der Waals surface area (Å²) in [6.07, 6.45) is 0.714. The first kappa shape index (κ1) is 15.0. The SMILES string of the molecule is COc1cc(NCCC(C)N)c([N+](=O)[O-])cc1OC. The highest BCUT2D eigenvalue weighted by Crippen LogP contribution is 2.37. The zero-order valence-corrected chi connectivity index (χ0v) is 11.3.